The molecule has 0 amide bonds. The topological polar surface area (TPSA) is 35.5 Å². The Kier molecular flexibility index (Phi) is 5.29. The molecule has 0 bridgehead atoms. The van der Waals surface area contributed by atoms with Gasteiger partial charge in [-0.3, -0.25) is 4.79 Å². The zero-order chi connectivity index (χ0) is 15.3. The van der Waals surface area contributed by atoms with Gasteiger partial charge in [0.1, 0.15) is 5.75 Å². The van der Waals surface area contributed by atoms with Crippen LogP contribution in [0.3, 0.4) is 0 Å². The lowest BCUT2D eigenvalue weighted by Crippen LogP contribution is -2.18. The van der Waals surface area contributed by atoms with E-state index in [0.29, 0.717) is 0 Å². The molecule has 0 atom stereocenters. The van der Waals surface area contributed by atoms with Crippen LogP contribution in [0.25, 0.3) is 0 Å². The van der Waals surface area contributed by atoms with Crippen LogP contribution in [0.1, 0.15) is 24.0 Å². The minimum absolute atomic E-state index is 0.0599. The summed E-state index contributed by atoms with van der Waals surface area (Å²) in [6.45, 7) is 0. The average molecular weight is 298 g/mol. The number of ether oxygens (including phenoxy) is 2. The van der Waals surface area contributed by atoms with Gasteiger partial charge in [0.2, 0.25) is 0 Å². The molecule has 112 valence electrons. The number of hydrogen-bond donors (Lipinski definition) is 0. The minimum atomic E-state index is -5.06. The first-order chi connectivity index (χ1) is 9.23. The Morgan fingerprint density at radius 1 is 1.30 bits per heavy atom. The van der Waals surface area contributed by atoms with Crippen LogP contribution in [0.5, 0.6) is 5.75 Å². The van der Waals surface area contributed by atoms with E-state index in [9.17, 15) is 26.7 Å². The average Bonchev–Trinajstić information content (AvgIpc) is 2.33. The van der Waals surface area contributed by atoms with Crippen molar-refractivity contribution in [2.24, 2.45) is 0 Å². The van der Waals surface area contributed by atoms with Gasteiger partial charge < -0.3 is 9.47 Å². The van der Waals surface area contributed by atoms with E-state index in [4.69, 9.17) is 0 Å². The van der Waals surface area contributed by atoms with Crippen molar-refractivity contribution in [1.29, 1.82) is 0 Å². The molecular weight excluding hydrogens is 287 g/mol. The van der Waals surface area contributed by atoms with E-state index in [-0.39, 0.29) is 18.4 Å². The van der Waals surface area contributed by atoms with Crippen molar-refractivity contribution >= 4 is 5.97 Å². The second-order valence-corrected chi connectivity index (χ2v) is 3.80. The first kappa shape index (κ1) is 16.2. The molecule has 0 spiro atoms. The summed E-state index contributed by atoms with van der Waals surface area (Å²) in [5.41, 5.74) is -0.594. The predicted octanol–water partition coefficient (Wildman–Crippen LogP) is 3.63. The number of alkyl halides is 5. The maximum Gasteiger partial charge on any atom is 0.573 e. The minimum Gasteiger partial charge on any atom is -0.469 e. The van der Waals surface area contributed by atoms with Gasteiger partial charge in [-0.05, 0) is 24.1 Å². The molecule has 3 nitrogen and oxygen atoms in total. The number of hydrogen-bond acceptors (Lipinski definition) is 3. The summed E-state index contributed by atoms with van der Waals surface area (Å²) in [5.74, 6) is -1.52. The normalized spacial score (nSPS) is 11.6. The van der Waals surface area contributed by atoms with Crippen LogP contribution in [-0.4, -0.2) is 19.4 Å². The fraction of sp³-hybridized carbons (Fsp3) is 0.417. The van der Waals surface area contributed by atoms with Crippen molar-refractivity contribution in [2.45, 2.75) is 25.6 Å². The van der Waals surface area contributed by atoms with Gasteiger partial charge in [0.05, 0.1) is 12.7 Å². The zero-order valence-corrected chi connectivity index (χ0v) is 10.3. The number of halogens is 5. The molecule has 0 fully saturated rings. The molecule has 0 heterocycles. The quantitative estimate of drug-likeness (QED) is 0.615. The van der Waals surface area contributed by atoms with Gasteiger partial charge >= 0.3 is 12.3 Å². The van der Waals surface area contributed by atoms with Crippen LogP contribution in [0.2, 0.25) is 0 Å². The van der Waals surface area contributed by atoms with Crippen LogP contribution >= 0.6 is 0 Å². The SMILES string of the molecule is COC(=O)CCc1ccc(C(F)F)c(OC(F)(F)F)c1. The van der Waals surface area contributed by atoms with Crippen molar-refractivity contribution in [1.82, 2.24) is 0 Å². The summed E-state index contributed by atoms with van der Waals surface area (Å²) in [5, 5.41) is 0. The van der Waals surface area contributed by atoms with Crippen LogP contribution in [0.15, 0.2) is 18.2 Å². The van der Waals surface area contributed by atoms with Gasteiger partial charge in [-0.1, -0.05) is 6.07 Å². The number of methoxy groups -OCH3 is 1. The lowest BCUT2D eigenvalue weighted by atomic mass is 10.1. The Hall–Kier alpha value is -1.86. The lowest BCUT2D eigenvalue weighted by molar-refractivity contribution is -0.275. The molecule has 0 N–H and O–H groups in total. The van der Waals surface area contributed by atoms with Gasteiger partial charge in [-0.15, -0.1) is 13.2 Å². The van der Waals surface area contributed by atoms with Crippen molar-refractivity contribution < 1.29 is 36.2 Å². The van der Waals surface area contributed by atoms with E-state index < -0.39 is 30.1 Å². The van der Waals surface area contributed by atoms with Crippen molar-refractivity contribution in [2.75, 3.05) is 7.11 Å². The van der Waals surface area contributed by atoms with Gasteiger partial charge in [-0.2, -0.15) is 0 Å². The smallest absolute Gasteiger partial charge is 0.469 e. The van der Waals surface area contributed by atoms with Crippen LogP contribution in [-0.2, 0) is 16.0 Å². The highest BCUT2D eigenvalue weighted by atomic mass is 19.4. The van der Waals surface area contributed by atoms with Crippen molar-refractivity contribution in [3.63, 3.8) is 0 Å². The van der Waals surface area contributed by atoms with Crippen LogP contribution < -0.4 is 4.74 Å². The van der Waals surface area contributed by atoms with Gasteiger partial charge in [0, 0.05) is 6.42 Å². The monoisotopic (exact) mass is 298 g/mol. The van der Waals surface area contributed by atoms with E-state index in [1.54, 1.807) is 0 Å². The molecule has 1 aromatic rings. The third kappa shape index (κ3) is 5.02. The molecule has 0 unspecified atom stereocenters. The highest BCUT2D eigenvalue weighted by Gasteiger charge is 2.33. The number of carbonyl (C=O) groups is 1. The van der Waals surface area contributed by atoms with Crippen molar-refractivity contribution in [3.8, 4) is 5.75 Å². The highest BCUT2D eigenvalue weighted by molar-refractivity contribution is 5.69. The predicted molar refractivity (Wildman–Crippen MR) is 58.4 cm³/mol. The Labute approximate surface area is 111 Å². The Balaban J connectivity index is 2.95. The molecule has 0 saturated heterocycles. The molecule has 0 aliphatic carbocycles. The maximum absolute atomic E-state index is 12.6. The molecule has 0 radical (unpaired) electrons. The summed E-state index contributed by atoms with van der Waals surface area (Å²) >= 11 is 0. The van der Waals surface area contributed by atoms with E-state index in [1.807, 2.05) is 0 Å². The summed E-state index contributed by atoms with van der Waals surface area (Å²) in [4.78, 5) is 10.9. The summed E-state index contributed by atoms with van der Waals surface area (Å²) in [6, 6.07) is 2.91. The lowest BCUT2D eigenvalue weighted by Gasteiger charge is -2.14. The van der Waals surface area contributed by atoms with E-state index in [0.717, 1.165) is 12.1 Å². The number of aryl methyl sites for hydroxylation is 1. The summed E-state index contributed by atoms with van der Waals surface area (Å²) in [7, 11) is 1.17. The first-order valence-electron chi connectivity index (χ1n) is 5.46. The third-order valence-electron chi connectivity index (χ3n) is 2.38. The molecule has 0 aliphatic rings. The second-order valence-electron chi connectivity index (χ2n) is 3.80. The molecular formula is C12H11F5O3. The Bertz CT molecular complexity index is 471. The molecule has 8 heteroatoms. The van der Waals surface area contributed by atoms with Crippen LogP contribution in [0, 0.1) is 0 Å². The summed E-state index contributed by atoms with van der Waals surface area (Å²) < 4.78 is 69.5. The standard InChI is InChI=1S/C12H11F5O3/c1-19-10(18)5-3-7-2-4-8(11(13)14)9(6-7)20-12(15,16)17/h2,4,6,11H,3,5H2,1H3. The molecule has 0 aromatic heterocycles. The van der Waals surface area contributed by atoms with Gasteiger partial charge in [0.15, 0.2) is 0 Å². The van der Waals surface area contributed by atoms with Gasteiger partial charge in [0.25, 0.3) is 6.43 Å². The van der Waals surface area contributed by atoms with E-state index >= 15 is 0 Å². The Morgan fingerprint density at radius 3 is 2.45 bits per heavy atom. The van der Waals surface area contributed by atoms with Gasteiger partial charge in [-0.25, -0.2) is 8.78 Å². The molecule has 20 heavy (non-hydrogen) atoms. The number of carbonyl (C=O) groups excluding carboxylic acids is 1. The van der Waals surface area contributed by atoms with Crippen molar-refractivity contribution in [3.05, 3.63) is 29.3 Å². The number of benzene rings is 1. The van der Waals surface area contributed by atoms with E-state index in [2.05, 4.69) is 9.47 Å². The Morgan fingerprint density at radius 2 is 1.95 bits per heavy atom. The fourth-order valence-corrected chi connectivity index (χ4v) is 1.48. The summed E-state index contributed by atoms with van der Waals surface area (Å²) in [6.07, 6.45) is -8.17. The molecule has 0 aliphatic heterocycles. The second kappa shape index (κ2) is 6.53. The first-order valence-corrected chi connectivity index (χ1v) is 5.46. The fourth-order valence-electron chi connectivity index (χ4n) is 1.48. The number of rotatable bonds is 5. The molecule has 1 aromatic carbocycles. The molecule has 0 saturated carbocycles. The van der Waals surface area contributed by atoms with E-state index in [1.165, 1.54) is 13.2 Å². The largest absolute Gasteiger partial charge is 0.573 e. The maximum atomic E-state index is 12.6. The molecule has 1 rings (SSSR count). The highest BCUT2D eigenvalue weighted by Crippen LogP contribution is 2.33. The number of esters is 1. The van der Waals surface area contributed by atoms with Crippen LogP contribution in [0.4, 0.5) is 22.0 Å². The zero-order valence-electron chi connectivity index (χ0n) is 10.3. The third-order valence-corrected chi connectivity index (χ3v) is 2.38.